The summed E-state index contributed by atoms with van der Waals surface area (Å²) < 4.78 is 1.70. The van der Waals surface area contributed by atoms with E-state index in [2.05, 4.69) is 0 Å². The molecule has 0 fully saturated rings. The number of hydrogen-bond donors (Lipinski definition) is 1. The van der Waals surface area contributed by atoms with Gasteiger partial charge in [0.15, 0.2) is 0 Å². The molecular weight excluding hydrogens is 260 g/mol. The zero-order valence-electron chi connectivity index (χ0n) is 11.2. The molecule has 1 aromatic carbocycles. The normalized spacial score (nSPS) is 10.5. The number of nitrogens with zero attached hydrogens (tertiary/aromatic N) is 2. The number of carboxylic acids is 1. The van der Waals surface area contributed by atoms with Crippen molar-refractivity contribution in [3.63, 3.8) is 0 Å². The van der Waals surface area contributed by atoms with Gasteiger partial charge in [-0.3, -0.25) is 10.1 Å². The van der Waals surface area contributed by atoms with E-state index < -0.39 is 10.9 Å². The predicted octanol–water partition coefficient (Wildman–Crippen LogP) is 2.95. The van der Waals surface area contributed by atoms with Crippen molar-refractivity contribution in [3.8, 4) is 5.69 Å². The van der Waals surface area contributed by atoms with Gasteiger partial charge in [0.25, 0.3) is 5.69 Å². The second kappa shape index (κ2) is 5.16. The van der Waals surface area contributed by atoms with Crippen LogP contribution in [0.15, 0.2) is 30.5 Å². The van der Waals surface area contributed by atoms with E-state index in [1.54, 1.807) is 16.8 Å². The lowest BCUT2D eigenvalue weighted by molar-refractivity contribution is -0.384. The Hall–Kier alpha value is -2.63. The van der Waals surface area contributed by atoms with Crippen LogP contribution in [-0.4, -0.2) is 20.6 Å². The zero-order chi connectivity index (χ0) is 14.9. The van der Waals surface area contributed by atoms with E-state index in [0.29, 0.717) is 17.8 Å². The maximum absolute atomic E-state index is 11.2. The molecule has 0 unspecified atom stereocenters. The monoisotopic (exact) mass is 274 g/mol. The molecule has 20 heavy (non-hydrogen) atoms. The molecule has 1 aromatic heterocycles. The van der Waals surface area contributed by atoms with E-state index in [-0.39, 0.29) is 11.3 Å². The number of nitro groups is 1. The van der Waals surface area contributed by atoms with Crippen molar-refractivity contribution < 1.29 is 14.8 Å². The summed E-state index contributed by atoms with van der Waals surface area (Å²) in [5, 5.41) is 20.0. The van der Waals surface area contributed by atoms with Crippen LogP contribution in [0.25, 0.3) is 5.69 Å². The number of carboxylic acid groups (broad SMARTS) is 1. The molecule has 6 heteroatoms. The standard InChI is InChI=1S/C14H14N2O4/c1-3-12-11(14(17)18)6-7-15(12)13-8-10(16(19)20)5-4-9(13)2/h4-8H,3H2,1-2H3,(H,17,18). The number of non-ortho nitro benzene ring substituents is 1. The van der Waals surface area contributed by atoms with Crippen molar-refractivity contribution in [1.29, 1.82) is 0 Å². The van der Waals surface area contributed by atoms with Gasteiger partial charge in [-0.2, -0.15) is 0 Å². The topological polar surface area (TPSA) is 85.4 Å². The van der Waals surface area contributed by atoms with Gasteiger partial charge in [0.05, 0.1) is 16.2 Å². The van der Waals surface area contributed by atoms with Crippen LogP contribution in [0.4, 0.5) is 5.69 Å². The molecule has 0 spiro atoms. The third kappa shape index (κ3) is 2.27. The minimum absolute atomic E-state index is 0.0155. The van der Waals surface area contributed by atoms with Crippen LogP contribution in [-0.2, 0) is 6.42 Å². The highest BCUT2D eigenvalue weighted by Gasteiger charge is 2.17. The van der Waals surface area contributed by atoms with E-state index in [9.17, 15) is 14.9 Å². The number of aryl methyl sites for hydroxylation is 1. The van der Waals surface area contributed by atoms with Crippen LogP contribution in [0.1, 0.15) is 28.5 Å². The number of aromatic nitrogens is 1. The number of rotatable bonds is 4. The summed E-state index contributed by atoms with van der Waals surface area (Å²) in [5.74, 6) is -0.997. The number of benzene rings is 1. The summed E-state index contributed by atoms with van der Waals surface area (Å²) in [6, 6.07) is 6.07. The number of aromatic carboxylic acids is 1. The summed E-state index contributed by atoms with van der Waals surface area (Å²) >= 11 is 0. The number of hydrogen-bond acceptors (Lipinski definition) is 3. The Morgan fingerprint density at radius 2 is 2.10 bits per heavy atom. The molecule has 0 atom stereocenters. The van der Waals surface area contributed by atoms with Gasteiger partial charge in [-0.05, 0) is 25.0 Å². The van der Waals surface area contributed by atoms with Crippen LogP contribution in [0.3, 0.4) is 0 Å². The fourth-order valence-electron chi connectivity index (χ4n) is 2.22. The molecule has 0 saturated heterocycles. The first-order valence-corrected chi connectivity index (χ1v) is 6.14. The number of carbonyl (C=O) groups is 1. The second-order valence-corrected chi connectivity index (χ2v) is 4.43. The van der Waals surface area contributed by atoms with E-state index in [0.717, 1.165) is 5.56 Å². The van der Waals surface area contributed by atoms with Crippen molar-refractivity contribution in [2.24, 2.45) is 0 Å². The first-order valence-electron chi connectivity index (χ1n) is 6.14. The first-order chi connectivity index (χ1) is 9.45. The molecule has 0 saturated carbocycles. The third-order valence-electron chi connectivity index (χ3n) is 3.22. The van der Waals surface area contributed by atoms with Gasteiger partial charge in [-0.25, -0.2) is 4.79 Å². The van der Waals surface area contributed by atoms with Crippen molar-refractivity contribution in [2.45, 2.75) is 20.3 Å². The Labute approximate surface area is 115 Å². The molecule has 0 aliphatic carbocycles. The SMILES string of the molecule is CCc1c(C(=O)O)ccn1-c1cc([N+](=O)[O-])ccc1C. The van der Waals surface area contributed by atoms with Gasteiger partial charge in [-0.1, -0.05) is 13.0 Å². The van der Waals surface area contributed by atoms with Crippen LogP contribution < -0.4 is 0 Å². The summed E-state index contributed by atoms with van der Waals surface area (Å²) in [5.41, 5.74) is 2.30. The lowest BCUT2D eigenvalue weighted by Crippen LogP contribution is -2.06. The fourth-order valence-corrected chi connectivity index (χ4v) is 2.22. The molecule has 6 nitrogen and oxygen atoms in total. The number of nitro benzene ring substituents is 1. The van der Waals surface area contributed by atoms with E-state index >= 15 is 0 Å². The van der Waals surface area contributed by atoms with Gasteiger partial charge in [0.2, 0.25) is 0 Å². The Bertz CT molecular complexity index is 688. The summed E-state index contributed by atoms with van der Waals surface area (Å²) in [6.45, 7) is 3.68. The van der Waals surface area contributed by atoms with E-state index in [1.165, 1.54) is 18.2 Å². The minimum Gasteiger partial charge on any atom is -0.478 e. The van der Waals surface area contributed by atoms with E-state index in [4.69, 9.17) is 5.11 Å². The van der Waals surface area contributed by atoms with Gasteiger partial charge < -0.3 is 9.67 Å². The molecule has 2 rings (SSSR count). The fraction of sp³-hybridized carbons (Fsp3) is 0.214. The minimum atomic E-state index is -0.997. The van der Waals surface area contributed by atoms with Crippen molar-refractivity contribution >= 4 is 11.7 Å². The average Bonchev–Trinajstić information content (AvgIpc) is 2.82. The second-order valence-electron chi connectivity index (χ2n) is 4.43. The lowest BCUT2D eigenvalue weighted by atomic mass is 10.1. The summed E-state index contributed by atoms with van der Waals surface area (Å²) in [4.78, 5) is 21.6. The molecule has 0 aliphatic heterocycles. The largest absolute Gasteiger partial charge is 0.478 e. The average molecular weight is 274 g/mol. The Morgan fingerprint density at radius 1 is 1.40 bits per heavy atom. The maximum atomic E-state index is 11.2. The van der Waals surface area contributed by atoms with E-state index in [1.807, 2.05) is 13.8 Å². The highest BCUT2D eigenvalue weighted by Crippen LogP contribution is 2.25. The molecule has 2 aromatic rings. The highest BCUT2D eigenvalue weighted by molar-refractivity contribution is 5.89. The molecule has 104 valence electrons. The van der Waals surface area contributed by atoms with Crippen molar-refractivity contribution in [3.05, 3.63) is 57.4 Å². The van der Waals surface area contributed by atoms with Crippen molar-refractivity contribution in [1.82, 2.24) is 4.57 Å². The molecule has 0 bridgehead atoms. The lowest BCUT2D eigenvalue weighted by Gasteiger charge is -2.11. The maximum Gasteiger partial charge on any atom is 0.337 e. The summed E-state index contributed by atoms with van der Waals surface area (Å²) in [6.07, 6.45) is 2.16. The van der Waals surface area contributed by atoms with Gasteiger partial charge in [0, 0.05) is 24.0 Å². The molecule has 1 heterocycles. The van der Waals surface area contributed by atoms with Crippen molar-refractivity contribution in [2.75, 3.05) is 0 Å². The van der Waals surface area contributed by atoms with Crippen LogP contribution in [0, 0.1) is 17.0 Å². The highest BCUT2D eigenvalue weighted by atomic mass is 16.6. The van der Waals surface area contributed by atoms with Crippen LogP contribution in [0.5, 0.6) is 0 Å². The zero-order valence-corrected chi connectivity index (χ0v) is 11.2. The molecule has 1 N–H and O–H groups in total. The van der Waals surface area contributed by atoms with Gasteiger partial charge in [0.1, 0.15) is 0 Å². The molecular formula is C14H14N2O4. The molecule has 0 amide bonds. The van der Waals surface area contributed by atoms with Gasteiger partial charge in [-0.15, -0.1) is 0 Å². The smallest absolute Gasteiger partial charge is 0.337 e. The first kappa shape index (κ1) is 13.8. The molecule has 0 aliphatic rings. The van der Waals surface area contributed by atoms with Gasteiger partial charge >= 0.3 is 5.97 Å². The summed E-state index contributed by atoms with van der Waals surface area (Å²) in [7, 11) is 0. The molecule has 0 radical (unpaired) electrons. The Morgan fingerprint density at radius 3 is 2.65 bits per heavy atom. The van der Waals surface area contributed by atoms with Crippen LogP contribution in [0.2, 0.25) is 0 Å². The quantitative estimate of drug-likeness (QED) is 0.686. The Kier molecular flexibility index (Phi) is 3.56. The third-order valence-corrected chi connectivity index (χ3v) is 3.22. The van der Waals surface area contributed by atoms with Crippen LogP contribution >= 0.6 is 0 Å². The Balaban J connectivity index is 2.65. The predicted molar refractivity (Wildman–Crippen MR) is 73.5 cm³/mol.